The van der Waals surface area contributed by atoms with Crippen molar-refractivity contribution < 1.29 is 41.6 Å². The SMILES string of the molecule is CCCCCCCCCCCCCCO[C@H]1[C@@H](O)[C@@H](COS(=O)(=O)O)O[C@@H](OC)[C@@H]1O. The third kappa shape index (κ3) is 12.5. The van der Waals surface area contributed by atoms with Crippen LogP contribution in [0.15, 0.2) is 0 Å². The van der Waals surface area contributed by atoms with Crippen LogP contribution < -0.4 is 0 Å². The van der Waals surface area contributed by atoms with Gasteiger partial charge in [0, 0.05) is 13.7 Å². The van der Waals surface area contributed by atoms with E-state index in [9.17, 15) is 18.6 Å². The molecule has 1 fully saturated rings. The molecule has 0 amide bonds. The number of unbranched alkanes of at least 4 members (excludes halogenated alkanes) is 11. The van der Waals surface area contributed by atoms with Gasteiger partial charge in [0.25, 0.3) is 0 Å². The van der Waals surface area contributed by atoms with Gasteiger partial charge in [-0.3, -0.25) is 4.55 Å². The lowest BCUT2D eigenvalue weighted by Gasteiger charge is -2.41. The number of rotatable bonds is 18. The number of ether oxygens (including phenoxy) is 3. The molecule has 0 unspecified atom stereocenters. The maximum Gasteiger partial charge on any atom is 0.397 e. The second-order valence-corrected chi connectivity index (χ2v) is 9.29. The minimum absolute atomic E-state index is 0.346. The molecule has 1 aliphatic rings. The van der Waals surface area contributed by atoms with Gasteiger partial charge in [-0.15, -0.1) is 0 Å². The first-order chi connectivity index (χ1) is 14.8. The third-order valence-electron chi connectivity index (χ3n) is 5.56. The van der Waals surface area contributed by atoms with Gasteiger partial charge in [-0.1, -0.05) is 77.6 Å². The summed E-state index contributed by atoms with van der Waals surface area (Å²) in [5.74, 6) is 0. The zero-order chi connectivity index (χ0) is 23.1. The predicted octanol–water partition coefficient (Wildman–Crippen LogP) is 2.99. The summed E-state index contributed by atoms with van der Waals surface area (Å²) < 4.78 is 50.5. The molecule has 9 nitrogen and oxygen atoms in total. The van der Waals surface area contributed by atoms with Crippen LogP contribution in [0.1, 0.15) is 84.0 Å². The molecule has 0 radical (unpaired) electrons. The summed E-state index contributed by atoms with van der Waals surface area (Å²) in [5.41, 5.74) is 0. The van der Waals surface area contributed by atoms with Gasteiger partial charge in [-0.25, -0.2) is 4.18 Å². The second-order valence-electron chi connectivity index (χ2n) is 8.20. The van der Waals surface area contributed by atoms with Crippen LogP contribution in [0.2, 0.25) is 0 Å². The van der Waals surface area contributed by atoms with Crippen LogP contribution in [-0.2, 0) is 28.8 Å². The lowest BCUT2D eigenvalue weighted by Crippen LogP contribution is -2.60. The van der Waals surface area contributed by atoms with E-state index in [0.29, 0.717) is 6.61 Å². The fraction of sp³-hybridized carbons (Fsp3) is 1.00. The summed E-state index contributed by atoms with van der Waals surface area (Å²) in [5, 5.41) is 20.7. The largest absolute Gasteiger partial charge is 0.397 e. The normalized spacial score (nSPS) is 26.9. The molecule has 1 saturated heterocycles. The summed E-state index contributed by atoms with van der Waals surface area (Å²) in [6, 6.07) is 0. The van der Waals surface area contributed by atoms with Gasteiger partial charge < -0.3 is 24.4 Å². The lowest BCUT2D eigenvalue weighted by atomic mass is 9.99. The van der Waals surface area contributed by atoms with Crippen LogP contribution in [0.3, 0.4) is 0 Å². The highest BCUT2D eigenvalue weighted by atomic mass is 32.3. The highest BCUT2D eigenvalue weighted by molar-refractivity contribution is 7.80. The van der Waals surface area contributed by atoms with Crippen LogP contribution in [0, 0.1) is 0 Å². The van der Waals surface area contributed by atoms with Crippen molar-refractivity contribution in [3.05, 3.63) is 0 Å². The molecule has 0 aromatic heterocycles. The van der Waals surface area contributed by atoms with Crippen molar-refractivity contribution in [2.45, 2.75) is 115 Å². The molecule has 0 aromatic carbocycles. The summed E-state index contributed by atoms with van der Waals surface area (Å²) in [4.78, 5) is 0. The second kappa shape index (κ2) is 16.3. The number of aliphatic hydroxyl groups excluding tert-OH is 2. The van der Waals surface area contributed by atoms with E-state index in [4.69, 9.17) is 18.8 Å². The quantitative estimate of drug-likeness (QED) is 0.204. The lowest BCUT2D eigenvalue weighted by molar-refractivity contribution is -0.300. The van der Waals surface area contributed by atoms with E-state index >= 15 is 0 Å². The first kappa shape index (κ1) is 28.7. The zero-order valence-electron chi connectivity index (χ0n) is 19.0. The van der Waals surface area contributed by atoms with Gasteiger partial charge in [-0.05, 0) is 6.42 Å². The minimum Gasteiger partial charge on any atom is -0.387 e. The van der Waals surface area contributed by atoms with E-state index in [-0.39, 0.29) is 0 Å². The van der Waals surface area contributed by atoms with E-state index in [1.165, 1.54) is 64.9 Å². The number of methoxy groups -OCH3 is 1. The number of aliphatic hydroxyl groups is 2. The van der Waals surface area contributed by atoms with E-state index in [1.807, 2.05) is 0 Å². The van der Waals surface area contributed by atoms with Crippen LogP contribution >= 0.6 is 0 Å². The Bertz CT molecular complexity index is 543. The summed E-state index contributed by atoms with van der Waals surface area (Å²) in [6.07, 6.45) is 8.78. The van der Waals surface area contributed by atoms with Crippen molar-refractivity contribution in [2.24, 2.45) is 0 Å². The van der Waals surface area contributed by atoms with Crippen molar-refractivity contribution in [1.82, 2.24) is 0 Å². The Kier molecular flexibility index (Phi) is 15.1. The fourth-order valence-corrected chi connectivity index (χ4v) is 4.05. The smallest absolute Gasteiger partial charge is 0.387 e. The molecular weight excluding hydrogens is 428 g/mol. The van der Waals surface area contributed by atoms with Gasteiger partial charge in [0.15, 0.2) is 6.29 Å². The molecule has 1 rings (SSSR count). The molecule has 0 aromatic rings. The van der Waals surface area contributed by atoms with Gasteiger partial charge in [0.2, 0.25) is 0 Å². The van der Waals surface area contributed by atoms with Crippen LogP contribution in [0.4, 0.5) is 0 Å². The number of hydrogen-bond acceptors (Lipinski definition) is 8. The Hall–Kier alpha value is -0.330. The zero-order valence-corrected chi connectivity index (χ0v) is 19.8. The molecule has 31 heavy (non-hydrogen) atoms. The Balaban J connectivity index is 2.20. The van der Waals surface area contributed by atoms with Crippen molar-refractivity contribution in [1.29, 1.82) is 0 Å². The van der Waals surface area contributed by atoms with Gasteiger partial charge in [0.05, 0.1) is 6.61 Å². The summed E-state index contributed by atoms with van der Waals surface area (Å²) in [6.45, 7) is 1.96. The van der Waals surface area contributed by atoms with Crippen molar-refractivity contribution >= 4 is 10.4 Å². The van der Waals surface area contributed by atoms with Gasteiger partial charge in [0.1, 0.15) is 24.4 Å². The topological polar surface area (TPSA) is 132 Å². The molecule has 0 bridgehead atoms. The Morgan fingerprint density at radius 1 is 0.839 bits per heavy atom. The fourth-order valence-electron chi connectivity index (χ4n) is 3.75. The Labute approximate surface area is 187 Å². The van der Waals surface area contributed by atoms with Gasteiger partial charge in [-0.2, -0.15) is 8.42 Å². The van der Waals surface area contributed by atoms with E-state index < -0.39 is 47.7 Å². The van der Waals surface area contributed by atoms with Crippen molar-refractivity contribution in [3.63, 3.8) is 0 Å². The average molecular weight is 471 g/mol. The summed E-state index contributed by atoms with van der Waals surface area (Å²) in [7, 11) is -3.36. The summed E-state index contributed by atoms with van der Waals surface area (Å²) >= 11 is 0. The molecule has 10 heteroatoms. The standard InChI is InChI=1S/C21H42O9S/c1-3-4-5-6-7-8-9-10-11-12-13-14-15-28-20-18(22)17(16-29-31(24,25)26)30-21(27-2)19(20)23/h17-23H,3-16H2,1-2H3,(H,24,25,26)/t17-,18+,19-,20+,21-/m1/s1. The van der Waals surface area contributed by atoms with Crippen LogP contribution in [-0.4, -0.2) is 74.2 Å². The average Bonchev–Trinajstić information content (AvgIpc) is 2.72. The van der Waals surface area contributed by atoms with Crippen molar-refractivity contribution in [3.8, 4) is 0 Å². The van der Waals surface area contributed by atoms with E-state index in [0.717, 1.165) is 19.3 Å². The third-order valence-corrected chi connectivity index (χ3v) is 6.00. The molecular formula is C21H42O9S. The molecule has 186 valence electrons. The minimum atomic E-state index is -4.68. The van der Waals surface area contributed by atoms with Gasteiger partial charge >= 0.3 is 10.4 Å². The molecule has 5 atom stereocenters. The maximum absolute atomic E-state index is 10.8. The highest BCUT2D eigenvalue weighted by Crippen LogP contribution is 2.25. The van der Waals surface area contributed by atoms with Crippen LogP contribution in [0.5, 0.6) is 0 Å². The van der Waals surface area contributed by atoms with Crippen molar-refractivity contribution in [2.75, 3.05) is 20.3 Å². The Morgan fingerprint density at radius 3 is 1.84 bits per heavy atom. The first-order valence-electron chi connectivity index (χ1n) is 11.6. The monoisotopic (exact) mass is 470 g/mol. The van der Waals surface area contributed by atoms with Crippen LogP contribution in [0.25, 0.3) is 0 Å². The number of hydrogen-bond donors (Lipinski definition) is 3. The molecule has 3 N–H and O–H groups in total. The molecule has 1 heterocycles. The van der Waals surface area contributed by atoms with E-state index in [2.05, 4.69) is 11.1 Å². The molecule has 0 spiro atoms. The predicted molar refractivity (Wildman–Crippen MR) is 116 cm³/mol. The molecule has 0 aliphatic carbocycles. The Morgan fingerprint density at radius 2 is 1.35 bits per heavy atom. The first-order valence-corrected chi connectivity index (χ1v) is 12.9. The highest BCUT2D eigenvalue weighted by Gasteiger charge is 2.46. The maximum atomic E-state index is 10.8. The van der Waals surface area contributed by atoms with E-state index in [1.54, 1.807) is 0 Å². The molecule has 1 aliphatic heterocycles. The molecule has 0 saturated carbocycles.